The Balaban J connectivity index is 1.91. The molecule has 4 nitrogen and oxygen atoms in total. The lowest BCUT2D eigenvalue weighted by Crippen LogP contribution is -2.50. The predicted octanol–water partition coefficient (Wildman–Crippen LogP) is 2.42. The van der Waals surface area contributed by atoms with Gasteiger partial charge in [0.2, 0.25) is 0 Å². The van der Waals surface area contributed by atoms with Crippen molar-refractivity contribution in [1.29, 1.82) is 0 Å². The van der Waals surface area contributed by atoms with Crippen molar-refractivity contribution < 1.29 is 9.53 Å². The summed E-state index contributed by atoms with van der Waals surface area (Å²) >= 11 is 0. The second-order valence-corrected chi connectivity index (χ2v) is 5.58. The van der Waals surface area contributed by atoms with Crippen LogP contribution in [-0.4, -0.2) is 41.1 Å². The molecule has 1 amide bonds. The molecule has 1 N–H and O–H groups in total. The van der Waals surface area contributed by atoms with Crippen LogP contribution in [-0.2, 0) is 4.74 Å². The number of fused-ring (bicyclic) bond motifs is 1. The zero-order chi connectivity index (χ0) is 13.5. The van der Waals surface area contributed by atoms with Crippen molar-refractivity contribution in [3.05, 3.63) is 36.0 Å². The molecule has 4 heteroatoms. The first kappa shape index (κ1) is 12.2. The van der Waals surface area contributed by atoms with Gasteiger partial charge in [-0.25, -0.2) is 0 Å². The second-order valence-electron chi connectivity index (χ2n) is 5.58. The van der Waals surface area contributed by atoms with Crippen LogP contribution in [0.3, 0.4) is 0 Å². The monoisotopic (exact) mass is 258 g/mol. The fourth-order valence-electron chi connectivity index (χ4n) is 2.61. The van der Waals surface area contributed by atoms with Crippen molar-refractivity contribution in [1.82, 2.24) is 9.88 Å². The maximum atomic E-state index is 12.6. The molecule has 100 valence electrons. The van der Waals surface area contributed by atoms with Crippen LogP contribution in [0.2, 0.25) is 0 Å². The lowest BCUT2D eigenvalue weighted by Gasteiger charge is -2.38. The van der Waals surface area contributed by atoms with Gasteiger partial charge in [0.1, 0.15) is 0 Å². The van der Waals surface area contributed by atoms with Gasteiger partial charge in [0.15, 0.2) is 0 Å². The van der Waals surface area contributed by atoms with Crippen molar-refractivity contribution >= 4 is 16.8 Å². The normalized spacial score (nSPS) is 18.7. The molecule has 0 aliphatic carbocycles. The molecule has 1 aliphatic heterocycles. The van der Waals surface area contributed by atoms with Gasteiger partial charge in [-0.1, -0.05) is 18.2 Å². The number of para-hydroxylation sites is 1. The molecule has 2 heterocycles. The first-order valence-corrected chi connectivity index (χ1v) is 6.56. The summed E-state index contributed by atoms with van der Waals surface area (Å²) in [7, 11) is 0. The molecule has 0 radical (unpaired) electrons. The van der Waals surface area contributed by atoms with E-state index in [9.17, 15) is 4.79 Å². The minimum Gasteiger partial charge on any atom is -0.372 e. The van der Waals surface area contributed by atoms with Gasteiger partial charge in [-0.05, 0) is 19.9 Å². The molecule has 0 bridgehead atoms. The number of ether oxygens (including phenoxy) is 1. The Labute approximate surface area is 112 Å². The van der Waals surface area contributed by atoms with E-state index >= 15 is 0 Å². The number of morpholine rings is 1. The van der Waals surface area contributed by atoms with Crippen LogP contribution in [0.1, 0.15) is 24.2 Å². The molecular weight excluding hydrogens is 240 g/mol. The van der Waals surface area contributed by atoms with E-state index in [1.54, 1.807) is 6.20 Å². The van der Waals surface area contributed by atoms with Gasteiger partial charge >= 0.3 is 0 Å². The van der Waals surface area contributed by atoms with Gasteiger partial charge in [-0.15, -0.1) is 0 Å². The summed E-state index contributed by atoms with van der Waals surface area (Å²) in [5.41, 5.74) is 1.48. The molecule has 19 heavy (non-hydrogen) atoms. The van der Waals surface area contributed by atoms with Crippen LogP contribution >= 0.6 is 0 Å². The predicted molar refractivity (Wildman–Crippen MR) is 74.2 cm³/mol. The van der Waals surface area contributed by atoms with Crippen molar-refractivity contribution in [2.75, 3.05) is 19.7 Å². The third kappa shape index (κ3) is 2.24. The minimum atomic E-state index is -0.264. The molecule has 0 unspecified atom stereocenters. The highest BCUT2D eigenvalue weighted by Gasteiger charge is 2.31. The van der Waals surface area contributed by atoms with E-state index in [0.29, 0.717) is 19.7 Å². The third-order valence-corrected chi connectivity index (χ3v) is 3.53. The summed E-state index contributed by atoms with van der Waals surface area (Å²) in [6, 6.07) is 7.88. The highest BCUT2D eigenvalue weighted by Crippen LogP contribution is 2.22. The number of nitrogens with zero attached hydrogens (tertiary/aromatic N) is 1. The molecule has 1 aliphatic rings. The zero-order valence-electron chi connectivity index (χ0n) is 11.3. The Morgan fingerprint density at radius 2 is 2.16 bits per heavy atom. The lowest BCUT2D eigenvalue weighted by molar-refractivity contribution is -0.0763. The topological polar surface area (TPSA) is 45.3 Å². The van der Waals surface area contributed by atoms with Gasteiger partial charge in [-0.2, -0.15) is 0 Å². The summed E-state index contributed by atoms with van der Waals surface area (Å²) in [5.74, 6) is 0.0776. The van der Waals surface area contributed by atoms with E-state index in [0.717, 1.165) is 16.5 Å². The number of carbonyl (C=O) groups excluding carboxylic acids is 1. The average Bonchev–Trinajstić information content (AvgIpc) is 2.80. The Bertz CT molecular complexity index is 615. The molecule has 2 aromatic rings. The maximum Gasteiger partial charge on any atom is 0.256 e. The van der Waals surface area contributed by atoms with E-state index in [1.165, 1.54) is 0 Å². The highest BCUT2D eigenvalue weighted by atomic mass is 16.5. The Morgan fingerprint density at radius 3 is 2.95 bits per heavy atom. The fourth-order valence-corrected chi connectivity index (χ4v) is 2.61. The summed E-state index contributed by atoms with van der Waals surface area (Å²) in [5, 5.41) is 0.983. The quantitative estimate of drug-likeness (QED) is 0.853. The van der Waals surface area contributed by atoms with Crippen molar-refractivity contribution in [2.45, 2.75) is 19.4 Å². The van der Waals surface area contributed by atoms with E-state index in [4.69, 9.17) is 4.74 Å². The van der Waals surface area contributed by atoms with Crippen molar-refractivity contribution in [3.63, 3.8) is 0 Å². The van der Waals surface area contributed by atoms with Gasteiger partial charge in [-0.3, -0.25) is 4.79 Å². The highest BCUT2D eigenvalue weighted by molar-refractivity contribution is 6.06. The zero-order valence-corrected chi connectivity index (χ0v) is 11.3. The Hall–Kier alpha value is -1.81. The molecule has 0 atom stereocenters. The number of nitrogens with one attached hydrogen (secondary N) is 1. The van der Waals surface area contributed by atoms with Crippen molar-refractivity contribution in [3.8, 4) is 0 Å². The van der Waals surface area contributed by atoms with E-state index in [1.807, 2.05) is 43.0 Å². The van der Waals surface area contributed by atoms with Gasteiger partial charge in [0.25, 0.3) is 5.91 Å². The Morgan fingerprint density at radius 1 is 1.37 bits per heavy atom. The number of hydrogen-bond donors (Lipinski definition) is 1. The summed E-state index contributed by atoms with van der Waals surface area (Å²) in [6.45, 7) is 5.91. The summed E-state index contributed by atoms with van der Waals surface area (Å²) in [4.78, 5) is 17.6. The SMILES string of the molecule is CC1(C)CN(C(=O)c2c[nH]c3ccccc23)CCO1. The van der Waals surface area contributed by atoms with Crippen LogP contribution in [0.5, 0.6) is 0 Å². The first-order chi connectivity index (χ1) is 9.07. The molecule has 0 spiro atoms. The van der Waals surface area contributed by atoms with Gasteiger partial charge in [0.05, 0.1) is 17.8 Å². The van der Waals surface area contributed by atoms with Crippen LogP contribution in [0.4, 0.5) is 0 Å². The molecule has 1 fully saturated rings. The van der Waals surface area contributed by atoms with E-state index in [-0.39, 0.29) is 11.5 Å². The molecule has 0 saturated carbocycles. The number of rotatable bonds is 1. The van der Waals surface area contributed by atoms with E-state index < -0.39 is 0 Å². The molecular formula is C15H18N2O2. The molecule has 1 saturated heterocycles. The number of hydrogen-bond acceptors (Lipinski definition) is 2. The number of aromatic nitrogens is 1. The van der Waals surface area contributed by atoms with Crippen LogP contribution < -0.4 is 0 Å². The van der Waals surface area contributed by atoms with Gasteiger partial charge in [0, 0.05) is 30.2 Å². The standard InChI is InChI=1S/C15H18N2O2/c1-15(2)10-17(7-8-19-15)14(18)12-9-16-13-6-4-3-5-11(12)13/h3-6,9,16H,7-8,10H2,1-2H3. The van der Waals surface area contributed by atoms with Gasteiger partial charge < -0.3 is 14.6 Å². The number of aromatic amines is 1. The molecule has 1 aromatic heterocycles. The number of benzene rings is 1. The Kier molecular flexibility index (Phi) is 2.82. The van der Waals surface area contributed by atoms with Crippen molar-refractivity contribution in [2.24, 2.45) is 0 Å². The smallest absolute Gasteiger partial charge is 0.256 e. The lowest BCUT2D eigenvalue weighted by atomic mass is 10.1. The second kappa shape index (κ2) is 4.38. The number of H-pyrrole nitrogens is 1. The third-order valence-electron chi connectivity index (χ3n) is 3.53. The van der Waals surface area contributed by atoms with Crippen LogP contribution in [0, 0.1) is 0 Å². The minimum absolute atomic E-state index is 0.0776. The largest absolute Gasteiger partial charge is 0.372 e. The van der Waals surface area contributed by atoms with Crippen LogP contribution in [0.15, 0.2) is 30.5 Å². The summed E-state index contributed by atoms with van der Waals surface area (Å²) in [6.07, 6.45) is 1.80. The summed E-state index contributed by atoms with van der Waals surface area (Å²) < 4.78 is 5.65. The number of amides is 1. The average molecular weight is 258 g/mol. The fraction of sp³-hybridized carbons (Fsp3) is 0.400. The van der Waals surface area contributed by atoms with Crippen LogP contribution in [0.25, 0.3) is 10.9 Å². The first-order valence-electron chi connectivity index (χ1n) is 6.56. The molecule has 3 rings (SSSR count). The number of carbonyl (C=O) groups is 1. The molecule has 1 aromatic carbocycles. The maximum absolute atomic E-state index is 12.6. The van der Waals surface area contributed by atoms with E-state index in [2.05, 4.69) is 4.98 Å².